The van der Waals surface area contributed by atoms with Crippen LogP contribution in [0.3, 0.4) is 0 Å². The van der Waals surface area contributed by atoms with Crippen LogP contribution in [-0.2, 0) is 4.79 Å². The van der Waals surface area contributed by atoms with Gasteiger partial charge >= 0.3 is 0 Å². The van der Waals surface area contributed by atoms with Crippen molar-refractivity contribution in [2.45, 2.75) is 45.1 Å². The number of hydrogen-bond donors (Lipinski definition) is 2. The molecule has 2 aliphatic rings. The van der Waals surface area contributed by atoms with Crippen LogP contribution in [0.15, 0.2) is 24.3 Å². The third-order valence-electron chi connectivity index (χ3n) is 4.62. The van der Waals surface area contributed by atoms with Gasteiger partial charge in [-0.1, -0.05) is 18.2 Å². The molecule has 0 spiro atoms. The van der Waals surface area contributed by atoms with Gasteiger partial charge in [-0.25, -0.2) is 9.87 Å². The Morgan fingerprint density at radius 2 is 1.95 bits per heavy atom. The number of likely N-dealkylation sites (tertiary alicyclic amines) is 1. The molecule has 2 fully saturated rings. The number of aryl methyl sites for hydroxylation is 1. The van der Waals surface area contributed by atoms with Crippen LogP contribution in [0.1, 0.15) is 37.7 Å². The number of carbonyl (C=O) groups excluding carboxylic acids is 1. The Bertz CT molecular complexity index is 468. The SMILES string of the molecule is Cc1ccccc1F.O=C(NO)C1CCC(N2CCCC2)C1. The zero-order valence-electron chi connectivity index (χ0n) is 13.1. The summed E-state index contributed by atoms with van der Waals surface area (Å²) in [5, 5.41) is 8.53. The molecule has 5 heteroatoms. The van der Waals surface area contributed by atoms with Gasteiger partial charge in [0.1, 0.15) is 5.82 Å². The molecule has 2 N–H and O–H groups in total. The highest BCUT2D eigenvalue weighted by atomic mass is 19.1. The van der Waals surface area contributed by atoms with E-state index in [0.29, 0.717) is 11.6 Å². The summed E-state index contributed by atoms with van der Waals surface area (Å²) in [5.41, 5.74) is 2.46. The van der Waals surface area contributed by atoms with Crippen LogP contribution in [0.4, 0.5) is 4.39 Å². The van der Waals surface area contributed by atoms with E-state index in [1.807, 2.05) is 6.07 Å². The van der Waals surface area contributed by atoms with Crippen LogP contribution in [0, 0.1) is 18.7 Å². The van der Waals surface area contributed by atoms with Gasteiger partial charge in [0.05, 0.1) is 0 Å². The van der Waals surface area contributed by atoms with Crippen molar-refractivity contribution >= 4 is 5.91 Å². The molecule has 0 radical (unpaired) electrons. The number of nitrogens with zero attached hydrogens (tertiary/aromatic N) is 1. The van der Waals surface area contributed by atoms with Crippen molar-refractivity contribution in [3.05, 3.63) is 35.6 Å². The average Bonchev–Trinajstić information content (AvgIpc) is 3.20. The Kier molecular flexibility index (Phi) is 6.34. The Labute approximate surface area is 131 Å². The van der Waals surface area contributed by atoms with Crippen molar-refractivity contribution in [3.8, 4) is 0 Å². The molecule has 1 aromatic carbocycles. The van der Waals surface area contributed by atoms with Gasteiger partial charge in [0, 0.05) is 12.0 Å². The predicted molar refractivity (Wildman–Crippen MR) is 83.0 cm³/mol. The smallest absolute Gasteiger partial charge is 0.246 e. The minimum Gasteiger partial charge on any atom is -0.300 e. The number of halogens is 1. The topological polar surface area (TPSA) is 52.6 Å². The predicted octanol–water partition coefficient (Wildman–Crippen LogP) is 2.89. The third-order valence-corrected chi connectivity index (χ3v) is 4.62. The average molecular weight is 308 g/mol. The van der Waals surface area contributed by atoms with Gasteiger partial charge in [-0.05, 0) is 63.7 Å². The van der Waals surface area contributed by atoms with E-state index in [4.69, 9.17) is 5.21 Å². The van der Waals surface area contributed by atoms with E-state index in [1.54, 1.807) is 24.5 Å². The molecule has 122 valence electrons. The maximum Gasteiger partial charge on any atom is 0.246 e. The Morgan fingerprint density at radius 1 is 1.27 bits per heavy atom. The summed E-state index contributed by atoms with van der Waals surface area (Å²) in [7, 11) is 0. The Morgan fingerprint density at radius 3 is 2.50 bits per heavy atom. The highest BCUT2D eigenvalue weighted by Gasteiger charge is 2.33. The lowest BCUT2D eigenvalue weighted by Crippen LogP contribution is -2.32. The Hall–Kier alpha value is -1.46. The first-order chi connectivity index (χ1) is 10.6. The van der Waals surface area contributed by atoms with Crippen molar-refractivity contribution in [3.63, 3.8) is 0 Å². The molecule has 0 bridgehead atoms. The van der Waals surface area contributed by atoms with Crippen LogP contribution >= 0.6 is 0 Å². The molecule has 1 saturated carbocycles. The van der Waals surface area contributed by atoms with Gasteiger partial charge in [0.2, 0.25) is 5.91 Å². The first-order valence-corrected chi connectivity index (χ1v) is 8.01. The zero-order valence-corrected chi connectivity index (χ0v) is 13.1. The number of benzene rings is 1. The molecule has 2 atom stereocenters. The number of hydroxylamine groups is 1. The quantitative estimate of drug-likeness (QED) is 0.652. The summed E-state index contributed by atoms with van der Waals surface area (Å²) in [4.78, 5) is 13.7. The van der Waals surface area contributed by atoms with Crippen LogP contribution in [0.25, 0.3) is 0 Å². The van der Waals surface area contributed by atoms with Gasteiger partial charge in [0.25, 0.3) is 0 Å². The fourth-order valence-electron chi connectivity index (χ4n) is 3.28. The second kappa shape index (κ2) is 8.25. The fraction of sp³-hybridized carbons (Fsp3) is 0.588. The van der Waals surface area contributed by atoms with Crippen LogP contribution in [0.5, 0.6) is 0 Å². The van der Waals surface area contributed by atoms with Crippen molar-refractivity contribution in [2.75, 3.05) is 13.1 Å². The van der Waals surface area contributed by atoms with Crippen LogP contribution in [-0.4, -0.2) is 35.1 Å². The van der Waals surface area contributed by atoms with Gasteiger partial charge in [-0.2, -0.15) is 0 Å². The highest BCUT2D eigenvalue weighted by molar-refractivity contribution is 5.77. The molecule has 1 aliphatic heterocycles. The van der Waals surface area contributed by atoms with E-state index in [-0.39, 0.29) is 17.6 Å². The minimum atomic E-state index is -0.202. The lowest BCUT2D eigenvalue weighted by molar-refractivity contribution is -0.133. The minimum absolute atomic E-state index is 0.0330. The lowest BCUT2D eigenvalue weighted by Gasteiger charge is -2.22. The number of nitrogens with one attached hydrogen (secondary N) is 1. The molecular weight excluding hydrogens is 283 g/mol. The molecule has 1 heterocycles. The van der Waals surface area contributed by atoms with E-state index in [9.17, 15) is 9.18 Å². The molecule has 1 aliphatic carbocycles. The summed E-state index contributed by atoms with van der Waals surface area (Å²) in [6.45, 7) is 4.13. The first kappa shape index (κ1) is 16.9. The maximum atomic E-state index is 12.3. The third kappa shape index (κ3) is 4.52. The molecule has 0 aromatic heterocycles. The summed E-state index contributed by atoms with van der Waals surface area (Å²) in [5.74, 6) is -0.301. The van der Waals surface area contributed by atoms with E-state index in [1.165, 1.54) is 32.0 Å². The van der Waals surface area contributed by atoms with Crippen molar-refractivity contribution < 1.29 is 14.4 Å². The maximum absolute atomic E-state index is 12.3. The molecular formula is C17H25FN2O2. The van der Waals surface area contributed by atoms with E-state index < -0.39 is 0 Å². The molecule has 2 unspecified atom stereocenters. The number of amides is 1. The van der Waals surface area contributed by atoms with E-state index >= 15 is 0 Å². The number of hydrogen-bond acceptors (Lipinski definition) is 3. The normalized spacial score (nSPS) is 24.7. The molecule has 3 rings (SSSR count). The van der Waals surface area contributed by atoms with Gasteiger partial charge in [-0.15, -0.1) is 0 Å². The van der Waals surface area contributed by atoms with Crippen molar-refractivity contribution in [1.82, 2.24) is 10.4 Å². The standard InChI is InChI=1S/C10H18N2O2.C7H7F/c13-10(11-14)8-3-4-9(7-8)12-5-1-2-6-12;1-6-4-2-3-5-7(6)8/h8-9,14H,1-7H2,(H,11,13);2-5H,1H3. The number of carbonyl (C=O) groups is 1. The highest BCUT2D eigenvalue weighted by Crippen LogP contribution is 2.31. The summed E-state index contributed by atoms with van der Waals surface area (Å²) in [6, 6.07) is 7.28. The molecule has 1 aromatic rings. The summed E-state index contributed by atoms with van der Waals surface area (Å²) < 4.78 is 12.3. The lowest BCUT2D eigenvalue weighted by atomic mass is 10.1. The molecule has 4 nitrogen and oxygen atoms in total. The van der Waals surface area contributed by atoms with E-state index in [0.717, 1.165) is 19.3 Å². The van der Waals surface area contributed by atoms with Crippen molar-refractivity contribution in [1.29, 1.82) is 0 Å². The van der Waals surface area contributed by atoms with Gasteiger partial charge in [-0.3, -0.25) is 10.0 Å². The van der Waals surface area contributed by atoms with Crippen LogP contribution < -0.4 is 5.48 Å². The summed E-state index contributed by atoms with van der Waals surface area (Å²) >= 11 is 0. The van der Waals surface area contributed by atoms with Gasteiger partial charge in [0.15, 0.2) is 0 Å². The van der Waals surface area contributed by atoms with Crippen molar-refractivity contribution in [2.24, 2.45) is 5.92 Å². The Balaban J connectivity index is 0.000000188. The monoisotopic (exact) mass is 308 g/mol. The molecule has 1 amide bonds. The van der Waals surface area contributed by atoms with Gasteiger partial charge < -0.3 is 4.90 Å². The first-order valence-electron chi connectivity index (χ1n) is 8.01. The van der Waals surface area contributed by atoms with E-state index in [2.05, 4.69) is 4.90 Å². The zero-order chi connectivity index (χ0) is 15.9. The molecule has 1 saturated heterocycles. The summed E-state index contributed by atoms with van der Waals surface area (Å²) in [6.07, 6.45) is 5.55. The largest absolute Gasteiger partial charge is 0.300 e. The second-order valence-corrected chi connectivity index (χ2v) is 6.13. The van der Waals surface area contributed by atoms with Crippen LogP contribution in [0.2, 0.25) is 0 Å². The number of rotatable bonds is 2. The fourth-order valence-corrected chi connectivity index (χ4v) is 3.28. The molecule has 22 heavy (non-hydrogen) atoms. The second-order valence-electron chi connectivity index (χ2n) is 6.13.